The van der Waals surface area contributed by atoms with Gasteiger partial charge in [-0.05, 0) is 31.3 Å². The van der Waals surface area contributed by atoms with E-state index >= 15 is 0 Å². The molecular weight excluding hydrogens is 216 g/mol. The van der Waals surface area contributed by atoms with Crippen LogP contribution in [0, 0.1) is 0 Å². The molecule has 0 fully saturated rings. The summed E-state index contributed by atoms with van der Waals surface area (Å²) in [5, 5.41) is 8.46. The summed E-state index contributed by atoms with van der Waals surface area (Å²) in [5.74, 6) is -0.358. The molecule has 0 radical (unpaired) electrons. The molecule has 0 heterocycles. The second kappa shape index (κ2) is 8.04. The molecule has 3 nitrogen and oxygen atoms in total. The van der Waals surface area contributed by atoms with Crippen LogP contribution >= 0.6 is 0 Å². The van der Waals surface area contributed by atoms with E-state index in [-0.39, 0.29) is 0 Å². The number of hydrogen-bond donors (Lipinski definition) is 1. The number of carboxylic acids is 1. The molecule has 0 aliphatic heterocycles. The SMILES string of the molecule is O=C(O)CCCCCCCCC1=CCCC1=O. The molecule has 0 saturated carbocycles. The molecule has 3 heteroatoms. The molecule has 0 aromatic heterocycles. The third-order valence-corrected chi connectivity index (χ3v) is 3.21. The van der Waals surface area contributed by atoms with Crippen LogP contribution in [0.2, 0.25) is 0 Å². The quantitative estimate of drug-likeness (QED) is 0.626. The number of carbonyl (C=O) groups is 2. The fraction of sp³-hybridized carbons (Fsp3) is 0.714. The number of unbranched alkanes of at least 4 members (excludes halogenated alkanes) is 5. The Hall–Kier alpha value is -1.12. The number of hydrogen-bond acceptors (Lipinski definition) is 2. The lowest BCUT2D eigenvalue weighted by molar-refractivity contribution is -0.137. The number of Topliss-reactive ketones (excluding diaryl/α,β-unsaturated/α-hetero) is 1. The second-order valence-electron chi connectivity index (χ2n) is 4.71. The van der Waals surface area contributed by atoms with E-state index in [0.717, 1.165) is 56.9 Å². The lowest BCUT2D eigenvalue weighted by Gasteiger charge is -2.02. The fourth-order valence-corrected chi connectivity index (χ4v) is 2.19. The van der Waals surface area contributed by atoms with E-state index in [2.05, 4.69) is 6.08 Å². The van der Waals surface area contributed by atoms with Gasteiger partial charge in [0.05, 0.1) is 0 Å². The van der Waals surface area contributed by atoms with Crippen molar-refractivity contribution in [2.75, 3.05) is 0 Å². The summed E-state index contributed by atoms with van der Waals surface area (Å²) in [5.41, 5.74) is 1.04. The zero-order chi connectivity index (χ0) is 12.5. The Bertz CT molecular complexity index is 292. The molecule has 0 aromatic carbocycles. The van der Waals surface area contributed by atoms with Crippen LogP contribution in [0.1, 0.15) is 64.2 Å². The van der Waals surface area contributed by atoms with Crippen molar-refractivity contribution in [2.24, 2.45) is 0 Å². The molecule has 1 aliphatic carbocycles. The van der Waals surface area contributed by atoms with Gasteiger partial charge in [0.15, 0.2) is 5.78 Å². The molecule has 0 unspecified atom stereocenters. The summed E-state index contributed by atoms with van der Waals surface area (Å²) in [7, 11) is 0. The molecule has 0 spiro atoms. The van der Waals surface area contributed by atoms with Gasteiger partial charge in [-0.1, -0.05) is 31.8 Å². The van der Waals surface area contributed by atoms with Crippen molar-refractivity contribution in [3.63, 3.8) is 0 Å². The first-order valence-corrected chi connectivity index (χ1v) is 6.64. The van der Waals surface area contributed by atoms with Crippen molar-refractivity contribution < 1.29 is 14.7 Å². The molecular formula is C14H22O3. The topological polar surface area (TPSA) is 54.4 Å². The number of allylic oxidation sites excluding steroid dienone is 2. The molecule has 96 valence electrons. The zero-order valence-electron chi connectivity index (χ0n) is 10.4. The van der Waals surface area contributed by atoms with Gasteiger partial charge >= 0.3 is 5.97 Å². The minimum atomic E-state index is -0.698. The normalized spacial score (nSPS) is 15.1. The standard InChI is InChI=1S/C14H22O3/c15-13-10-7-9-12(13)8-5-3-1-2-4-6-11-14(16)17/h9H,1-8,10-11H2,(H,16,17). The van der Waals surface area contributed by atoms with Crippen LogP contribution in [0.5, 0.6) is 0 Å². The number of aliphatic carboxylic acids is 1. The number of carboxylic acid groups (broad SMARTS) is 1. The van der Waals surface area contributed by atoms with E-state index in [1.165, 1.54) is 0 Å². The molecule has 0 amide bonds. The Labute approximate surface area is 103 Å². The highest BCUT2D eigenvalue weighted by molar-refractivity contribution is 5.97. The van der Waals surface area contributed by atoms with Crippen molar-refractivity contribution in [3.8, 4) is 0 Å². The van der Waals surface area contributed by atoms with Crippen molar-refractivity contribution in [1.29, 1.82) is 0 Å². The van der Waals surface area contributed by atoms with Crippen LogP contribution in [0.4, 0.5) is 0 Å². The molecule has 1 N–H and O–H groups in total. The first-order chi connectivity index (χ1) is 8.20. The van der Waals surface area contributed by atoms with Gasteiger partial charge < -0.3 is 5.11 Å². The molecule has 17 heavy (non-hydrogen) atoms. The van der Waals surface area contributed by atoms with Crippen LogP contribution < -0.4 is 0 Å². The summed E-state index contributed by atoms with van der Waals surface area (Å²) in [6.07, 6.45) is 11.3. The number of carbonyl (C=O) groups excluding carboxylic acids is 1. The lowest BCUT2D eigenvalue weighted by Crippen LogP contribution is -1.95. The van der Waals surface area contributed by atoms with E-state index in [9.17, 15) is 9.59 Å². The minimum absolute atomic E-state index is 0.293. The van der Waals surface area contributed by atoms with Crippen LogP contribution in [0.25, 0.3) is 0 Å². The van der Waals surface area contributed by atoms with Gasteiger partial charge in [0, 0.05) is 12.8 Å². The first-order valence-electron chi connectivity index (χ1n) is 6.64. The van der Waals surface area contributed by atoms with E-state index in [1.54, 1.807) is 0 Å². The highest BCUT2D eigenvalue weighted by Crippen LogP contribution is 2.20. The van der Waals surface area contributed by atoms with Gasteiger partial charge in [-0.15, -0.1) is 0 Å². The summed E-state index contributed by atoms with van der Waals surface area (Å²) in [6.45, 7) is 0. The van der Waals surface area contributed by atoms with Crippen LogP contribution in [0.15, 0.2) is 11.6 Å². The van der Waals surface area contributed by atoms with Gasteiger partial charge in [0.25, 0.3) is 0 Å². The maximum atomic E-state index is 11.3. The van der Waals surface area contributed by atoms with Gasteiger partial charge in [0.2, 0.25) is 0 Å². The number of ketones is 1. The van der Waals surface area contributed by atoms with E-state index in [4.69, 9.17) is 5.11 Å². The van der Waals surface area contributed by atoms with Crippen LogP contribution in [-0.2, 0) is 9.59 Å². The van der Waals surface area contributed by atoms with Crippen molar-refractivity contribution in [3.05, 3.63) is 11.6 Å². The lowest BCUT2D eigenvalue weighted by atomic mass is 10.0. The van der Waals surface area contributed by atoms with E-state index in [1.807, 2.05) is 0 Å². The zero-order valence-corrected chi connectivity index (χ0v) is 10.4. The monoisotopic (exact) mass is 238 g/mol. The predicted octanol–water partition coefficient (Wildman–Crippen LogP) is 3.48. The average molecular weight is 238 g/mol. The first kappa shape index (κ1) is 13.9. The second-order valence-corrected chi connectivity index (χ2v) is 4.71. The maximum absolute atomic E-state index is 11.3. The van der Waals surface area contributed by atoms with Gasteiger partial charge in [-0.2, -0.15) is 0 Å². The molecule has 0 aromatic rings. The van der Waals surface area contributed by atoms with Crippen molar-refractivity contribution >= 4 is 11.8 Å². The third kappa shape index (κ3) is 6.25. The number of rotatable bonds is 9. The molecule has 0 saturated heterocycles. The Morgan fingerprint density at radius 2 is 1.76 bits per heavy atom. The van der Waals surface area contributed by atoms with E-state index < -0.39 is 5.97 Å². The summed E-state index contributed by atoms with van der Waals surface area (Å²) in [4.78, 5) is 21.6. The highest BCUT2D eigenvalue weighted by atomic mass is 16.4. The van der Waals surface area contributed by atoms with E-state index in [0.29, 0.717) is 18.6 Å². The smallest absolute Gasteiger partial charge is 0.303 e. The minimum Gasteiger partial charge on any atom is -0.481 e. The molecule has 0 bridgehead atoms. The highest BCUT2D eigenvalue weighted by Gasteiger charge is 2.13. The van der Waals surface area contributed by atoms with Gasteiger partial charge in [0.1, 0.15) is 0 Å². The van der Waals surface area contributed by atoms with Gasteiger partial charge in [-0.25, -0.2) is 0 Å². The fourth-order valence-electron chi connectivity index (χ4n) is 2.19. The predicted molar refractivity (Wildman–Crippen MR) is 66.9 cm³/mol. The average Bonchev–Trinajstić information content (AvgIpc) is 2.68. The molecule has 1 rings (SSSR count). The Morgan fingerprint density at radius 3 is 2.35 bits per heavy atom. The summed E-state index contributed by atoms with van der Waals surface area (Å²) in [6, 6.07) is 0. The van der Waals surface area contributed by atoms with Gasteiger partial charge in [-0.3, -0.25) is 9.59 Å². The largest absolute Gasteiger partial charge is 0.481 e. The summed E-state index contributed by atoms with van der Waals surface area (Å²) < 4.78 is 0. The molecule has 0 atom stereocenters. The third-order valence-electron chi connectivity index (χ3n) is 3.21. The molecule has 1 aliphatic rings. The van der Waals surface area contributed by atoms with Crippen molar-refractivity contribution in [1.82, 2.24) is 0 Å². The van der Waals surface area contributed by atoms with Crippen molar-refractivity contribution in [2.45, 2.75) is 64.2 Å². The Morgan fingerprint density at radius 1 is 1.12 bits per heavy atom. The van der Waals surface area contributed by atoms with Crippen LogP contribution in [0.3, 0.4) is 0 Å². The Balaban J connectivity index is 1.88. The maximum Gasteiger partial charge on any atom is 0.303 e. The summed E-state index contributed by atoms with van der Waals surface area (Å²) >= 11 is 0. The van der Waals surface area contributed by atoms with Crippen LogP contribution in [-0.4, -0.2) is 16.9 Å². The Kier molecular flexibility index (Phi) is 6.60.